The number of rotatable bonds is 8. The lowest BCUT2D eigenvalue weighted by molar-refractivity contribution is -0.115. The molecule has 1 amide bonds. The molecule has 146 valence electrons. The minimum atomic E-state index is -0.323. The number of carbonyl (C=O) groups excluding carboxylic acids is 1. The zero-order valence-corrected chi connectivity index (χ0v) is 17.1. The number of amides is 1. The molecular formula is C21H24N4O2S. The van der Waals surface area contributed by atoms with Crippen LogP contribution in [0.1, 0.15) is 12.5 Å². The lowest BCUT2D eigenvalue weighted by Gasteiger charge is -2.14. The van der Waals surface area contributed by atoms with Gasteiger partial charge in [-0.2, -0.15) is 0 Å². The van der Waals surface area contributed by atoms with Crippen LogP contribution in [-0.4, -0.2) is 39.6 Å². The van der Waals surface area contributed by atoms with Crippen LogP contribution in [-0.2, 0) is 16.1 Å². The highest BCUT2D eigenvalue weighted by Crippen LogP contribution is 2.27. The van der Waals surface area contributed by atoms with Gasteiger partial charge in [-0.3, -0.25) is 9.36 Å². The minimum absolute atomic E-state index is 0.0744. The Balaban J connectivity index is 1.79. The van der Waals surface area contributed by atoms with Crippen LogP contribution in [0.3, 0.4) is 0 Å². The Morgan fingerprint density at radius 2 is 1.96 bits per heavy atom. The third-order valence-electron chi connectivity index (χ3n) is 4.20. The predicted molar refractivity (Wildman–Crippen MR) is 112 cm³/mol. The van der Waals surface area contributed by atoms with Gasteiger partial charge in [0, 0.05) is 18.4 Å². The maximum Gasteiger partial charge on any atom is 0.237 e. The summed E-state index contributed by atoms with van der Waals surface area (Å²) in [4.78, 5) is 12.5. The summed E-state index contributed by atoms with van der Waals surface area (Å²) in [5, 5.41) is 12.0. The lowest BCUT2D eigenvalue weighted by Crippen LogP contribution is -2.23. The second-order valence-corrected chi connectivity index (χ2v) is 7.74. The summed E-state index contributed by atoms with van der Waals surface area (Å²) in [6.45, 7) is 5.06. The van der Waals surface area contributed by atoms with Crippen LogP contribution < -0.4 is 5.32 Å². The van der Waals surface area contributed by atoms with Crippen LogP contribution in [0.2, 0.25) is 0 Å². The molecular weight excluding hydrogens is 372 g/mol. The van der Waals surface area contributed by atoms with Gasteiger partial charge in [-0.15, -0.1) is 10.2 Å². The molecule has 0 fully saturated rings. The number of thioether (sulfide) groups is 1. The number of nitrogens with zero attached hydrogens (tertiary/aromatic N) is 3. The van der Waals surface area contributed by atoms with Crippen LogP contribution in [0.15, 0.2) is 59.8 Å². The number of methoxy groups -OCH3 is 1. The molecule has 1 heterocycles. The highest BCUT2D eigenvalue weighted by Gasteiger charge is 2.21. The number of aromatic nitrogens is 3. The van der Waals surface area contributed by atoms with E-state index in [1.807, 2.05) is 66.9 Å². The second-order valence-electron chi connectivity index (χ2n) is 6.44. The fourth-order valence-corrected chi connectivity index (χ4v) is 3.61. The molecule has 28 heavy (non-hydrogen) atoms. The van der Waals surface area contributed by atoms with Gasteiger partial charge in [0.2, 0.25) is 5.91 Å². The Morgan fingerprint density at radius 1 is 1.18 bits per heavy atom. The Kier molecular flexibility index (Phi) is 6.84. The Hall–Kier alpha value is -2.64. The largest absolute Gasteiger partial charge is 0.383 e. The summed E-state index contributed by atoms with van der Waals surface area (Å²) < 4.78 is 7.26. The molecule has 0 unspecified atom stereocenters. The van der Waals surface area contributed by atoms with Crippen molar-refractivity contribution in [2.24, 2.45) is 0 Å². The van der Waals surface area contributed by atoms with Crippen molar-refractivity contribution in [1.29, 1.82) is 0 Å². The van der Waals surface area contributed by atoms with E-state index in [2.05, 4.69) is 21.6 Å². The van der Waals surface area contributed by atoms with E-state index in [4.69, 9.17) is 4.74 Å². The van der Waals surface area contributed by atoms with Crippen molar-refractivity contribution in [1.82, 2.24) is 14.8 Å². The molecule has 0 radical (unpaired) electrons. The van der Waals surface area contributed by atoms with Crippen molar-refractivity contribution < 1.29 is 9.53 Å². The van der Waals surface area contributed by atoms with E-state index in [9.17, 15) is 4.79 Å². The number of hydrogen-bond donors (Lipinski definition) is 1. The van der Waals surface area contributed by atoms with Crippen molar-refractivity contribution in [2.45, 2.75) is 30.8 Å². The first-order chi connectivity index (χ1) is 13.6. The molecule has 0 bridgehead atoms. The molecule has 0 saturated heterocycles. The van der Waals surface area contributed by atoms with Gasteiger partial charge in [0.15, 0.2) is 11.0 Å². The van der Waals surface area contributed by atoms with E-state index in [0.717, 1.165) is 22.6 Å². The van der Waals surface area contributed by atoms with Crippen LogP contribution >= 0.6 is 11.8 Å². The summed E-state index contributed by atoms with van der Waals surface area (Å²) in [7, 11) is 1.67. The monoisotopic (exact) mass is 396 g/mol. The van der Waals surface area contributed by atoms with Gasteiger partial charge < -0.3 is 10.1 Å². The second kappa shape index (κ2) is 9.52. The van der Waals surface area contributed by atoms with Crippen LogP contribution in [0.5, 0.6) is 0 Å². The van der Waals surface area contributed by atoms with Gasteiger partial charge in [-0.25, -0.2) is 0 Å². The van der Waals surface area contributed by atoms with Crippen molar-refractivity contribution in [3.8, 4) is 11.4 Å². The van der Waals surface area contributed by atoms with Crippen molar-refractivity contribution >= 4 is 23.4 Å². The van der Waals surface area contributed by atoms with Crippen molar-refractivity contribution in [3.63, 3.8) is 0 Å². The molecule has 0 aliphatic carbocycles. The molecule has 1 aromatic heterocycles. The van der Waals surface area contributed by atoms with Crippen molar-refractivity contribution in [2.75, 3.05) is 19.0 Å². The molecule has 0 saturated carbocycles. The van der Waals surface area contributed by atoms with Gasteiger partial charge in [-0.1, -0.05) is 53.7 Å². The van der Waals surface area contributed by atoms with Crippen molar-refractivity contribution in [3.05, 3.63) is 60.2 Å². The summed E-state index contributed by atoms with van der Waals surface area (Å²) in [6, 6.07) is 17.6. The average molecular weight is 397 g/mol. The quantitative estimate of drug-likeness (QED) is 0.583. The van der Waals surface area contributed by atoms with Gasteiger partial charge in [0.05, 0.1) is 18.4 Å². The summed E-state index contributed by atoms with van der Waals surface area (Å²) >= 11 is 1.39. The predicted octanol–water partition coefficient (Wildman–Crippen LogP) is 4.02. The third kappa shape index (κ3) is 4.99. The Bertz CT molecular complexity index is 927. The molecule has 2 aromatic carbocycles. The van der Waals surface area contributed by atoms with E-state index in [1.165, 1.54) is 11.8 Å². The van der Waals surface area contributed by atoms with Gasteiger partial charge in [0.25, 0.3) is 0 Å². The van der Waals surface area contributed by atoms with E-state index >= 15 is 0 Å². The number of hydrogen-bond acceptors (Lipinski definition) is 5. The minimum Gasteiger partial charge on any atom is -0.383 e. The first kappa shape index (κ1) is 20.1. The zero-order valence-electron chi connectivity index (χ0n) is 16.3. The lowest BCUT2D eigenvalue weighted by atomic mass is 10.1. The SMILES string of the molecule is COCCn1c(S[C@@H](C)C(=O)Nc2ccccc2)nnc1-c1cccc(C)c1. The maximum absolute atomic E-state index is 12.5. The molecule has 3 rings (SSSR count). The number of benzene rings is 2. The molecule has 3 aromatic rings. The van der Waals surface area contributed by atoms with E-state index in [0.29, 0.717) is 18.3 Å². The molecule has 0 aliphatic heterocycles. The molecule has 7 heteroatoms. The van der Waals surface area contributed by atoms with Gasteiger partial charge in [-0.05, 0) is 32.0 Å². The summed E-state index contributed by atoms with van der Waals surface area (Å²) in [5.41, 5.74) is 2.93. The van der Waals surface area contributed by atoms with Gasteiger partial charge >= 0.3 is 0 Å². The zero-order chi connectivity index (χ0) is 19.9. The number of para-hydroxylation sites is 1. The number of carbonyl (C=O) groups is 1. The third-order valence-corrected chi connectivity index (χ3v) is 5.29. The van der Waals surface area contributed by atoms with Crippen LogP contribution in [0.25, 0.3) is 11.4 Å². The molecule has 0 spiro atoms. The fourth-order valence-electron chi connectivity index (χ4n) is 2.73. The standard InChI is InChI=1S/C21H24N4O2S/c1-15-8-7-9-17(14-15)19-23-24-21(25(19)12-13-27-3)28-16(2)20(26)22-18-10-5-4-6-11-18/h4-11,14,16H,12-13H2,1-3H3,(H,22,26)/t16-/m0/s1. The van der Waals surface area contributed by atoms with E-state index in [1.54, 1.807) is 7.11 Å². The topological polar surface area (TPSA) is 69.0 Å². The Labute approximate surface area is 169 Å². The molecule has 6 nitrogen and oxygen atoms in total. The number of nitrogens with one attached hydrogen (secondary N) is 1. The highest BCUT2D eigenvalue weighted by molar-refractivity contribution is 8.00. The summed E-state index contributed by atoms with van der Waals surface area (Å²) in [6.07, 6.45) is 0. The van der Waals surface area contributed by atoms with Gasteiger partial charge in [0.1, 0.15) is 0 Å². The van der Waals surface area contributed by atoms with E-state index < -0.39 is 0 Å². The number of ether oxygens (including phenoxy) is 1. The van der Waals surface area contributed by atoms with E-state index in [-0.39, 0.29) is 11.2 Å². The molecule has 0 aliphatic rings. The van der Waals surface area contributed by atoms with Crippen LogP contribution in [0.4, 0.5) is 5.69 Å². The first-order valence-electron chi connectivity index (χ1n) is 9.10. The first-order valence-corrected chi connectivity index (χ1v) is 9.98. The Morgan fingerprint density at radius 3 is 2.68 bits per heavy atom. The summed E-state index contributed by atoms with van der Waals surface area (Å²) in [5.74, 6) is 0.702. The smallest absolute Gasteiger partial charge is 0.237 e. The highest BCUT2D eigenvalue weighted by atomic mass is 32.2. The molecule has 1 atom stereocenters. The van der Waals surface area contributed by atoms with Crippen LogP contribution in [0, 0.1) is 6.92 Å². The fraction of sp³-hybridized carbons (Fsp3) is 0.286. The normalized spacial score (nSPS) is 12.0. The molecule has 1 N–H and O–H groups in total. The number of anilines is 1. The maximum atomic E-state index is 12.5. The number of aryl methyl sites for hydroxylation is 1. The average Bonchev–Trinajstić information content (AvgIpc) is 3.09.